The maximum Gasteiger partial charge on any atom is 0.0517 e. The molecule has 0 aliphatic carbocycles. The van der Waals surface area contributed by atoms with Crippen LogP contribution in [0.3, 0.4) is 0 Å². The van der Waals surface area contributed by atoms with Crippen molar-refractivity contribution in [3.05, 3.63) is 0 Å². The van der Waals surface area contributed by atoms with E-state index in [1.165, 1.54) is 12.8 Å². The van der Waals surface area contributed by atoms with Gasteiger partial charge in [0.15, 0.2) is 0 Å². The number of halogens is 1. The summed E-state index contributed by atoms with van der Waals surface area (Å²) in [6.45, 7) is 7.93. The van der Waals surface area contributed by atoms with Crippen molar-refractivity contribution in [1.29, 1.82) is 0 Å². The summed E-state index contributed by atoms with van der Waals surface area (Å²) in [5, 5.41) is 3.29. The van der Waals surface area contributed by atoms with Crippen molar-refractivity contribution in [2.24, 2.45) is 5.41 Å². The minimum atomic E-state index is 0.461. The van der Waals surface area contributed by atoms with Crippen LogP contribution in [0.15, 0.2) is 0 Å². The third kappa shape index (κ3) is 5.24. The summed E-state index contributed by atoms with van der Waals surface area (Å²) in [6.07, 6.45) is 2.57. The lowest BCUT2D eigenvalue weighted by molar-refractivity contribution is 0.319. The standard InChI is InChI=1S/C8H18BrN/c1-4-5-8(2,3)6-10-7-9/h10H,4-7H2,1-3H3. The van der Waals surface area contributed by atoms with Crippen molar-refractivity contribution in [2.45, 2.75) is 33.6 Å². The lowest BCUT2D eigenvalue weighted by Crippen LogP contribution is -2.28. The molecule has 0 aromatic rings. The first-order valence-electron chi connectivity index (χ1n) is 3.89. The maximum atomic E-state index is 3.34. The Kier molecular flexibility index (Phi) is 5.36. The number of hydrogen-bond donors (Lipinski definition) is 1. The second-order valence-corrected chi connectivity index (χ2v) is 4.04. The fourth-order valence-corrected chi connectivity index (χ4v) is 1.35. The Bertz CT molecular complexity index is 81.3. The molecule has 62 valence electrons. The van der Waals surface area contributed by atoms with Crippen LogP contribution >= 0.6 is 15.9 Å². The predicted molar refractivity (Wildman–Crippen MR) is 50.5 cm³/mol. The van der Waals surface area contributed by atoms with Crippen molar-refractivity contribution in [1.82, 2.24) is 5.32 Å². The highest BCUT2D eigenvalue weighted by atomic mass is 79.9. The van der Waals surface area contributed by atoms with Crippen LogP contribution in [0.4, 0.5) is 0 Å². The van der Waals surface area contributed by atoms with Crippen LogP contribution in [-0.4, -0.2) is 12.0 Å². The largest absolute Gasteiger partial charge is 0.307 e. The summed E-state index contributed by atoms with van der Waals surface area (Å²) < 4.78 is 0. The Morgan fingerprint density at radius 2 is 2.00 bits per heavy atom. The summed E-state index contributed by atoms with van der Waals surface area (Å²) in [7, 11) is 0. The van der Waals surface area contributed by atoms with E-state index >= 15 is 0 Å². The molecule has 0 spiro atoms. The monoisotopic (exact) mass is 207 g/mol. The highest BCUT2D eigenvalue weighted by molar-refractivity contribution is 9.09. The molecule has 0 saturated heterocycles. The molecular weight excluding hydrogens is 190 g/mol. The molecule has 0 bridgehead atoms. The predicted octanol–water partition coefficient (Wildman–Crippen LogP) is 2.75. The van der Waals surface area contributed by atoms with E-state index in [1.54, 1.807) is 0 Å². The van der Waals surface area contributed by atoms with Crippen molar-refractivity contribution in [2.75, 3.05) is 12.0 Å². The molecular formula is C8H18BrN. The van der Waals surface area contributed by atoms with Crippen LogP contribution in [0, 0.1) is 5.41 Å². The van der Waals surface area contributed by atoms with E-state index in [2.05, 4.69) is 42.0 Å². The maximum absolute atomic E-state index is 3.34. The van der Waals surface area contributed by atoms with E-state index < -0.39 is 0 Å². The van der Waals surface area contributed by atoms with E-state index in [9.17, 15) is 0 Å². The molecule has 1 nitrogen and oxygen atoms in total. The summed E-state index contributed by atoms with van der Waals surface area (Å²) in [6, 6.07) is 0. The van der Waals surface area contributed by atoms with Crippen LogP contribution < -0.4 is 5.32 Å². The van der Waals surface area contributed by atoms with Gasteiger partial charge in [0, 0.05) is 6.54 Å². The summed E-state index contributed by atoms with van der Waals surface area (Å²) in [5.74, 6) is 0. The topological polar surface area (TPSA) is 12.0 Å². The first kappa shape index (κ1) is 10.4. The fraction of sp³-hybridized carbons (Fsp3) is 1.00. The average molecular weight is 208 g/mol. The Morgan fingerprint density at radius 1 is 1.40 bits per heavy atom. The first-order valence-corrected chi connectivity index (χ1v) is 5.01. The molecule has 0 aromatic carbocycles. The quantitative estimate of drug-likeness (QED) is 0.541. The third-order valence-electron chi connectivity index (χ3n) is 1.62. The van der Waals surface area contributed by atoms with Gasteiger partial charge in [0.1, 0.15) is 0 Å². The van der Waals surface area contributed by atoms with Crippen molar-refractivity contribution in [3.8, 4) is 0 Å². The van der Waals surface area contributed by atoms with Gasteiger partial charge in [-0.3, -0.25) is 0 Å². The fourth-order valence-electron chi connectivity index (χ4n) is 1.15. The van der Waals surface area contributed by atoms with Gasteiger partial charge in [0.05, 0.1) is 5.45 Å². The molecule has 10 heavy (non-hydrogen) atoms. The van der Waals surface area contributed by atoms with Crippen LogP contribution in [0.2, 0.25) is 0 Å². The number of nitrogens with one attached hydrogen (secondary N) is 1. The Labute approximate surface area is 72.7 Å². The van der Waals surface area contributed by atoms with Gasteiger partial charge in [-0.2, -0.15) is 0 Å². The lowest BCUT2D eigenvalue weighted by Gasteiger charge is -2.23. The first-order chi connectivity index (χ1) is 4.62. The zero-order valence-corrected chi connectivity index (χ0v) is 8.79. The van der Waals surface area contributed by atoms with Crippen molar-refractivity contribution >= 4 is 15.9 Å². The average Bonchev–Trinajstić information content (AvgIpc) is 1.84. The van der Waals surface area contributed by atoms with Crippen molar-refractivity contribution < 1.29 is 0 Å². The molecule has 0 heterocycles. The molecule has 0 rings (SSSR count). The van der Waals surface area contributed by atoms with E-state index in [-0.39, 0.29) is 0 Å². The summed E-state index contributed by atoms with van der Waals surface area (Å²) in [4.78, 5) is 0. The number of hydrogen-bond acceptors (Lipinski definition) is 1. The second-order valence-electron chi connectivity index (χ2n) is 3.47. The third-order valence-corrected chi connectivity index (χ3v) is 2.02. The zero-order valence-electron chi connectivity index (χ0n) is 7.21. The summed E-state index contributed by atoms with van der Waals surface area (Å²) in [5.41, 5.74) is 1.36. The van der Waals surface area contributed by atoms with Crippen LogP contribution in [0.1, 0.15) is 33.6 Å². The van der Waals surface area contributed by atoms with Gasteiger partial charge in [0.2, 0.25) is 0 Å². The SMILES string of the molecule is CCCC(C)(C)CNCBr. The minimum absolute atomic E-state index is 0.461. The number of alkyl halides is 1. The number of rotatable bonds is 5. The Morgan fingerprint density at radius 3 is 2.40 bits per heavy atom. The highest BCUT2D eigenvalue weighted by Gasteiger charge is 2.14. The van der Waals surface area contributed by atoms with Gasteiger partial charge >= 0.3 is 0 Å². The second kappa shape index (κ2) is 5.14. The molecule has 0 amide bonds. The van der Waals surface area contributed by atoms with Crippen LogP contribution in [0.25, 0.3) is 0 Å². The molecule has 1 N–H and O–H groups in total. The Balaban J connectivity index is 3.42. The van der Waals surface area contributed by atoms with Gasteiger partial charge in [0.25, 0.3) is 0 Å². The van der Waals surface area contributed by atoms with Crippen molar-refractivity contribution in [3.63, 3.8) is 0 Å². The molecule has 0 aliphatic rings. The minimum Gasteiger partial charge on any atom is -0.307 e. The van der Waals surface area contributed by atoms with E-state index in [4.69, 9.17) is 0 Å². The zero-order chi connectivity index (χ0) is 8.04. The molecule has 0 radical (unpaired) electrons. The molecule has 0 aromatic heterocycles. The normalized spacial score (nSPS) is 12.0. The molecule has 2 heteroatoms. The van der Waals surface area contributed by atoms with Gasteiger partial charge in [-0.1, -0.05) is 43.1 Å². The molecule has 0 aliphatic heterocycles. The molecule has 0 saturated carbocycles. The van der Waals surface area contributed by atoms with Crippen LogP contribution in [-0.2, 0) is 0 Å². The smallest absolute Gasteiger partial charge is 0.0517 e. The van der Waals surface area contributed by atoms with E-state index in [1.807, 2.05) is 0 Å². The molecule has 0 fully saturated rings. The van der Waals surface area contributed by atoms with Crippen LogP contribution in [0.5, 0.6) is 0 Å². The highest BCUT2D eigenvalue weighted by Crippen LogP contribution is 2.20. The van der Waals surface area contributed by atoms with Gasteiger partial charge in [-0.15, -0.1) is 0 Å². The van der Waals surface area contributed by atoms with Gasteiger partial charge in [-0.25, -0.2) is 0 Å². The van der Waals surface area contributed by atoms with E-state index in [0.717, 1.165) is 12.0 Å². The Hall–Kier alpha value is 0.440. The molecule has 0 unspecified atom stereocenters. The van der Waals surface area contributed by atoms with Gasteiger partial charge in [-0.05, 0) is 11.8 Å². The lowest BCUT2D eigenvalue weighted by atomic mass is 9.88. The summed E-state index contributed by atoms with van der Waals surface area (Å²) >= 11 is 3.34. The van der Waals surface area contributed by atoms with Gasteiger partial charge < -0.3 is 5.32 Å². The molecule has 0 atom stereocenters. The van der Waals surface area contributed by atoms with E-state index in [0.29, 0.717) is 5.41 Å².